The number of urea groups is 1. The van der Waals surface area contributed by atoms with Crippen molar-refractivity contribution in [3.05, 3.63) is 24.2 Å². The minimum absolute atomic E-state index is 0.00397. The van der Waals surface area contributed by atoms with E-state index in [1.807, 2.05) is 30.9 Å². The summed E-state index contributed by atoms with van der Waals surface area (Å²) in [5.74, 6) is 2.08. The highest BCUT2D eigenvalue weighted by Gasteiger charge is 2.21. The molecule has 0 bridgehead atoms. The first-order valence-corrected chi connectivity index (χ1v) is 8.28. The van der Waals surface area contributed by atoms with E-state index in [9.17, 15) is 4.79 Å². The van der Waals surface area contributed by atoms with Gasteiger partial charge in [-0.05, 0) is 19.1 Å². The Labute approximate surface area is 140 Å². The van der Waals surface area contributed by atoms with E-state index in [0.717, 1.165) is 24.5 Å². The lowest BCUT2D eigenvalue weighted by molar-refractivity contribution is 0.195. The summed E-state index contributed by atoms with van der Waals surface area (Å²) >= 11 is 0. The number of aromatic nitrogens is 3. The molecule has 2 aromatic rings. The van der Waals surface area contributed by atoms with Gasteiger partial charge >= 0.3 is 6.03 Å². The van der Waals surface area contributed by atoms with Crippen LogP contribution in [-0.2, 0) is 6.42 Å². The van der Waals surface area contributed by atoms with E-state index in [-0.39, 0.29) is 6.03 Å². The maximum atomic E-state index is 11.8. The van der Waals surface area contributed by atoms with Crippen LogP contribution in [0.4, 0.5) is 10.6 Å². The molecule has 0 aromatic carbocycles. The third kappa shape index (κ3) is 3.47. The Balaban J connectivity index is 1.61. The molecule has 128 valence electrons. The van der Waals surface area contributed by atoms with E-state index in [1.54, 1.807) is 6.20 Å². The predicted molar refractivity (Wildman–Crippen MR) is 89.8 cm³/mol. The number of nitrogens with zero attached hydrogens (tertiary/aromatic N) is 5. The summed E-state index contributed by atoms with van der Waals surface area (Å²) in [5.41, 5.74) is 0.836. The van der Waals surface area contributed by atoms with Crippen LogP contribution in [0.15, 0.2) is 22.9 Å². The highest BCUT2D eigenvalue weighted by molar-refractivity contribution is 5.74. The molecule has 0 spiro atoms. The Bertz CT molecular complexity index is 676. The number of aryl methyl sites for hydroxylation is 1. The molecule has 1 fully saturated rings. The number of nitrogens with one attached hydrogen (secondary N) is 1. The van der Waals surface area contributed by atoms with Crippen molar-refractivity contribution in [2.24, 2.45) is 0 Å². The molecule has 1 aliphatic heterocycles. The largest absolute Gasteiger partial charge is 0.353 e. The highest BCUT2D eigenvalue weighted by atomic mass is 16.5. The van der Waals surface area contributed by atoms with Gasteiger partial charge in [-0.2, -0.15) is 4.98 Å². The van der Waals surface area contributed by atoms with E-state index >= 15 is 0 Å². The van der Waals surface area contributed by atoms with Crippen molar-refractivity contribution >= 4 is 11.8 Å². The van der Waals surface area contributed by atoms with E-state index in [1.165, 1.54) is 0 Å². The molecule has 0 radical (unpaired) electrons. The van der Waals surface area contributed by atoms with Gasteiger partial charge in [0.1, 0.15) is 5.82 Å². The average Bonchev–Trinajstić information content (AvgIpc) is 3.11. The highest BCUT2D eigenvalue weighted by Crippen LogP contribution is 2.19. The maximum absolute atomic E-state index is 11.8. The van der Waals surface area contributed by atoms with Gasteiger partial charge < -0.3 is 19.6 Å². The topological polar surface area (TPSA) is 87.4 Å². The third-order valence-electron chi connectivity index (χ3n) is 4.00. The second kappa shape index (κ2) is 7.29. The monoisotopic (exact) mass is 330 g/mol. The first kappa shape index (κ1) is 16.2. The summed E-state index contributed by atoms with van der Waals surface area (Å²) in [6.45, 7) is 7.47. The Kier molecular flexibility index (Phi) is 4.93. The summed E-state index contributed by atoms with van der Waals surface area (Å²) in [6.07, 6.45) is 2.48. The zero-order valence-corrected chi connectivity index (χ0v) is 14.0. The van der Waals surface area contributed by atoms with Gasteiger partial charge in [0.15, 0.2) is 0 Å². The molecular formula is C16H22N6O2. The minimum Gasteiger partial charge on any atom is -0.353 e. The predicted octanol–water partition coefficient (Wildman–Crippen LogP) is 1.55. The van der Waals surface area contributed by atoms with Crippen LogP contribution in [0, 0.1) is 0 Å². The molecule has 0 saturated carbocycles. The fourth-order valence-corrected chi connectivity index (χ4v) is 2.62. The van der Waals surface area contributed by atoms with Crippen molar-refractivity contribution in [2.45, 2.75) is 20.3 Å². The molecule has 1 saturated heterocycles. The lowest BCUT2D eigenvalue weighted by Crippen LogP contribution is -2.52. The van der Waals surface area contributed by atoms with Gasteiger partial charge in [-0.3, -0.25) is 0 Å². The van der Waals surface area contributed by atoms with Crippen molar-refractivity contribution < 1.29 is 9.32 Å². The second-order valence-electron chi connectivity index (χ2n) is 5.58. The molecule has 2 aromatic heterocycles. The van der Waals surface area contributed by atoms with Crippen molar-refractivity contribution in [1.82, 2.24) is 25.3 Å². The normalized spacial score (nSPS) is 14.8. The van der Waals surface area contributed by atoms with E-state index in [4.69, 9.17) is 4.52 Å². The standard InChI is InChI=1S/C16H22N6O2/c1-3-14-19-15(20-24-14)12-5-6-13(18-11-12)21-7-9-22(10-8-21)16(23)17-4-2/h5-6,11H,3-4,7-10H2,1-2H3,(H,17,23). The fourth-order valence-electron chi connectivity index (χ4n) is 2.62. The lowest BCUT2D eigenvalue weighted by atomic mass is 10.2. The number of amides is 2. The lowest BCUT2D eigenvalue weighted by Gasteiger charge is -2.35. The first-order valence-electron chi connectivity index (χ1n) is 8.28. The minimum atomic E-state index is 0.00397. The number of carbonyl (C=O) groups is 1. The molecule has 2 amide bonds. The number of rotatable bonds is 4. The van der Waals surface area contributed by atoms with Crippen LogP contribution >= 0.6 is 0 Å². The Hall–Kier alpha value is -2.64. The second-order valence-corrected chi connectivity index (χ2v) is 5.58. The number of carbonyl (C=O) groups excluding carboxylic acids is 1. The number of pyridine rings is 1. The number of hydrogen-bond donors (Lipinski definition) is 1. The first-order chi connectivity index (χ1) is 11.7. The Morgan fingerprint density at radius 3 is 2.62 bits per heavy atom. The molecule has 0 unspecified atom stereocenters. The van der Waals surface area contributed by atoms with E-state index in [0.29, 0.717) is 37.8 Å². The summed E-state index contributed by atoms with van der Waals surface area (Å²) in [7, 11) is 0. The third-order valence-corrected chi connectivity index (χ3v) is 4.00. The van der Waals surface area contributed by atoms with E-state index in [2.05, 4.69) is 25.3 Å². The van der Waals surface area contributed by atoms with Gasteiger partial charge in [-0.15, -0.1) is 0 Å². The summed E-state index contributed by atoms with van der Waals surface area (Å²) in [6, 6.07) is 3.91. The summed E-state index contributed by atoms with van der Waals surface area (Å²) in [4.78, 5) is 24.6. The van der Waals surface area contributed by atoms with Crippen molar-refractivity contribution in [3.63, 3.8) is 0 Å². The van der Waals surface area contributed by atoms with Gasteiger partial charge in [-0.25, -0.2) is 9.78 Å². The SMILES string of the molecule is CCNC(=O)N1CCN(c2ccc(-c3noc(CC)n3)cn2)CC1. The molecule has 0 atom stereocenters. The van der Waals surface area contributed by atoms with Crippen LogP contribution in [0.25, 0.3) is 11.4 Å². The zero-order valence-electron chi connectivity index (χ0n) is 14.0. The average molecular weight is 330 g/mol. The van der Waals surface area contributed by atoms with Crippen LogP contribution in [0.3, 0.4) is 0 Å². The van der Waals surface area contributed by atoms with Crippen LogP contribution in [-0.4, -0.2) is 58.8 Å². The zero-order chi connectivity index (χ0) is 16.9. The summed E-state index contributed by atoms with van der Waals surface area (Å²) < 4.78 is 5.13. The van der Waals surface area contributed by atoms with Crippen molar-refractivity contribution in [3.8, 4) is 11.4 Å². The fraction of sp³-hybridized carbons (Fsp3) is 0.500. The number of hydrogen-bond acceptors (Lipinski definition) is 6. The number of anilines is 1. The molecule has 3 rings (SSSR count). The Morgan fingerprint density at radius 1 is 1.25 bits per heavy atom. The summed E-state index contributed by atoms with van der Waals surface area (Å²) in [5, 5.41) is 6.79. The van der Waals surface area contributed by atoms with Crippen LogP contribution in [0.2, 0.25) is 0 Å². The van der Waals surface area contributed by atoms with Gasteiger partial charge in [0.25, 0.3) is 0 Å². The molecular weight excluding hydrogens is 308 g/mol. The molecule has 1 N–H and O–H groups in total. The van der Waals surface area contributed by atoms with E-state index < -0.39 is 0 Å². The van der Waals surface area contributed by atoms with Gasteiger partial charge in [-0.1, -0.05) is 12.1 Å². The van der Waals surface area contributed by atoms with Crippen LogP contribution in [0.5, 0.6) is 0 Å². The molecule has 0 aliphatic carbocycles. The molecule has 3 heterocycles. The van der Waals surface area contributed by atoms with Gasteiger partial charge in [0, 0.05) is 50.9 Å². The van der Waals surface area contributed by atoms with Crippen LogP contribution in [0.1, 0.15) is 19.7 Å². The molecule has 8 heteroatoms. The van der Waals surface area contributed by atoms with Crippen molar-refractivity contribution in [1.29, 1.82) is 0 Å². The smallest absolute Gasteiger partial charge is 0.317 e. The van der Waals surface area contributed by atoms with Crippen molar-refractivity contribution in [2.75, 3.05) is 37.6 Å². The quantitative estimate of drug-likeness (QED) is 0.915. The molecule has 24 heavy (non-hydrogen) atoms. The van der Waals surface area contributed by atoms with Crippen LogP contribution < -0.4 is 10.2 Å². The Morgan fingerprint density at radius 2 is 2.04 bits per heavy atom. The molecule has 8 nitrogen and oxygen atoms in total. The molecule has 1 aliphatic rings. The van der Waals surface area contributed by atoms with Gasteiger partial charge in [0.2, 0.25) is 11.7 Å². The maximum Gasteiger partial charge on any atom is 0.317 e. The number of piperazine rings is 1. The van der Waals surface area contributed by atoms with Gasteiger partial charge in [0.05, 0.1) is 0 Å².